The molecule has 0 radical (unpaired) electrons. The number of aromatic amines is 1. The van der Waals surface area contributed by atoms with Gasteiger partial charge in [0.2, 0.25) is 17.4 Å². The minimum absolute atomic E-state index is 0.163. The number of tetrazole rings is 1. The summed E-state index contributed by atoms with van der Waals surface area (Å²) in [6.45, 7) is 2.86. The maximum Gasteiger partial charge on any atom is 0.232 e. The number of hydrogen-bond acceptors (Lipinski definition) is 7. The second-order valence-electron chi connectivity index (χ2n) is 8.15. The first-order valence-corrected chi connectivity index (χ1v) is 11.5. The number of carbonyl (C=O) groups excluding carboxylic acids is 1. The lowest BCUT2D eigenvalue weighted by molar-refractivity contribution is 0.102. The lowest BCUT2D eigenvalue weighted by atomic mass is 9.99. The van der Waals surface area contributed by atoms with E-state index in [1.54, 1.807) is 24.5 Å². The molecule has 0 atom stereocenters. The fraction of sp³-hybridized carbons (Fsp3) is 0.192. The molecule has 0 fully saturated rings. The Morgan fingerprint density at radius 1 is 1.00 bits per heavy atom. The van der Waals surface area contributed by atoms with Crippen LogP contribution < -0.4 is 0 Å². The molecule has 0 unspecified atom stereocenters. The van der Waals surface area contributed by atoms with Crippen LogP contribution in [-0.2, 0) is 13.0 Å². The number of H-pyrrole nitrogens is 1. The zero-order valence-electron chi connectivity index (χ0n) is 19.3. The molecule has 1 N–H and O–H groups in total. The van der Waals surface area contributed by atoms with Crippen LogP contribution in [0.4, 0.5) is 0 Å². The van der Waals surface area contributed by atoms with Crippen molar-refractivity contribution in [2.45, 2.75) is 32.7 Å². The Morgan fingerprint density at radius 3 is 2.57 bits per heavy atom. The average Bonchev–Trinajstić information content (AvgIpc) is 3.59. The number of pyridine rings is 1. The molecule has 35 heavy (non-hydrogen) atoms. The number of nitrogens with one attached hydrogen (secondary N) is 1. The standard InChI is InChI=1S/C26H24N8O/c1-2-3-15-34-23(28-26(31-34)24(35)20-7-5-4-6-8-20)16-18-9-11-19(12-10-18)21-13-14-27-17-22(21)25-29-32-33-30-25/h4-14,17H,2-3,15-16H2,1H3,(H,29,30,32,33). The highest BCUT2D eigenvalue weighted by atomic mass is 16.1. The van der Waals surface area contributed by atoms with Gasteiger partial charge in [-0.3, -0.25) is 9.78 Å². The van der Waals surface area contributed by atoms with Gasteiger partial charge in [0.1, 0.15) is 5.82 Å². The maximum absolute atomic E-state index is 12.9. The Kier molecular flexibility index (Phi) is 6.47. The summed E-state index contributed by atoms with van der Waals surface area (Å²) in [5.74, 6) is 1.35. The van der Waals surface area contributed by atoms with Crippen LogP contribution in [0.5, 0.6) is 0 Å². The SMILES string of the molecule is CCCCn1nc(C(=O)c2ccccc2)nc1Cc1ccc(-c2ccncc2-c2nn[nH]n2)cc1. The maximum atomic E-state index is 12.9. The molecule has 5 rings (SSSR count). The van der Waals surface area contributed by atoms with Crippen molar-refractivity contribution < 1.29 is 4.79 Å². The first kappa shape index (κ1) is 22.3. The normalized spacial score (nSPS) is 11.0. The molecule has 0 aliphatic heterocycles. The van der Waals surface area contributed by atoms with Crippen LogP contribution in [0.1, 0.15) is 47.3 Å². The van der Waals surface area contributed by atoms with Crippen molar-refractivity contribution in [1.82, 2.24) is 40.4 Å². The van der Waals surface area contributed by atoms with Crippen molar-refractivity contribution in [3.05, 3.63) is 95.8 Å². The monoisotopic (exact) mass is 464 g/mol. The van der Waals surface area contributed by atoms with Gasteiger partial charge < -0.3 is 0 Å². The van der Waals surface area contributed by atoms with E-state index in [-0.39, 0.29) is 11.6 Å². The smallest absolute Gasteiger partial charge is 0.232 e. The molecular formula is C26H24N8O. The predicted molar refractivity (Wildman–Crippen MR) is 130 cm³/mol. The zero-order chi connectivity index (χ0) is 24.0. The minimum Gasteiger partial charge on any atom is -0.285 e. The Balaban J connectivity index is 1.41. The highest BCUT2D eigenvalue weighted by Crippen LogP contribution is 2.29. The summed E-state index contributed by atoms with van der Waals surface area (Å²) in [6.07, 6.45) is 6.05. The van der Waals surface area contributed by atoms with Gasteiger partial charge in [-0.15, -0.1) is 15.3 Å². The number of carbonyl (C=O) groups is 1. The van der Waals surface area contributed by atoms with Crippen molar-refractivity contribution in [2.75, 3.05) is 0 Å². The first-order chi connectivity index (χ1) is 17.2. The topological polar surface area (TPSA) is 115 Å². The third-order valence-electron chi connectivity index (χ3n) is 5.75. The van der Waals surface area contributed by atoms with Crippen LogP contribution in [0.3, 0.4) is 0 Å². The Labute approximate surface area is 202 Å². The van der Waals surface area contributed by atoms with Gasteiger partial charge in [0.15, 0.2) is 0 Å². The number of nitrogens with zero attached hydrogens (tertiary/aromatic N) is 7. The van der Waals surface area contributed by atoms with E-state index >= 15 is 0 Å². The summed E-state index contributed by atoms with van der Waals surface area (Å²) in [7, 11) is 0. The van der Waals surface area contributed by atoms with Crippen LogP contribution in [0.15, 0.2) is 73.1 Å². The lowest BCUT2D eigenvalue weighted by Crippen LogP contribution is -2.07. The van der Waals surface area contributed by atoms with E-state index in [2.05, 4.69) is 66.9 Å². The first-order valence-electron chi connectivity index (χ1n) is 11.5. The van der Waals surface area contributed by atoms with Gasteiger partial charge in [0, 0.05) is 36.5 Å². The highest BCUT2D eigenvalue weighted by molar-refractivity contribution is 6.06. The average molecular weight is 465 g/mol. The largest absolute Gasteiger partial charge is 0.285 e. The van der Waals surface area contributed by atoms with Crippen molar-refractivity contribution >= 4 is 5.78 Å². The molecule has 3 heterocycles. The lowest BCUT2D eigenvalue weighted by Gasteiger charge is -2.08. The number of aromatic nitrogens is 8. The van der Waals surface area contributed by atoms with Gasteiger partial charge in [-0.1, -0.05) is 67.9 Å². The van der Waals surface area contributed by atoms with Crippen molar-refractivity contribution in [1.29, 1.82) is 0 Å². The third kappa shape index (κ3) is 4.89. The Morgan fingerprint density at radius 2 is 1.83 bits per heavy atom. The number of aryl methyl sites for hydroxylation is 1. The molecule has 174 valence electrons. The van der Waals surface area contributed by atoms with Crippen LogP contribution in [0.2, 0.25) is 0 Å². The molecule has 3 aromatic heterocycles. The molecule has 0 spiro atoms. The van der Waals surface area contributed by atoms with E-state index in [1.807, 2.05) is 28.9 Å². The van der Waals surface area contributed by atoms with Gasteiger partial charge in [0.05, 0.1) is 0 Å². The fourth-order valence-corrected chi connectivity index (χ4v) is 3.89. The fourth-order valence-electron chi connectivity index (χ4n) is 3.89. The molecule has 5 aromatic rings. The zero-order valence-corrected chi connectivity index (χ0v) is 19.3. The van der Waals surface area contributed by atoms with Crippen LogP contribution in [-0.4, -0.2) is 46.2 Å². The molecule has 2 aromatic carbocycles. The summed E-state index contributed by atoms with van der Waals surface area (Å²) in [5, 5.41) is 18.9. The van der Waals surface area contributed by atoms with E-state index in [0.29, 0.717) is 17.8 Å². The van der Waals surface area contributed by atoms with Gasteiger partial charge >= 0.3 is 0 Å². The van der Waals surface area contributed by atoms with Gasteiger partial charge in [-0.25, -0.2) is 9.67 Å². The molecule has 0 saturated heterocycles. The van der Waals surface area contributed by atoms with Crippen molar-refractivity contribution in [3.8, 4) is 22.5 Å². The van der Waals surface area contributed by atoms with Crippen molar-refractivity contribution in [2.24, 2.45) is 0 Å². The van der Waals surface area contributed by atoms with Crippen LogP contribution >= 0.6 is 0 Å². The summed E-state index contributed by atoms with van der Waals surface area (Å²) in [4.78, 5) is 21.7. The van der Waals surface area contributed by atoms with E-state index in [4.69, 9.17) is 0 Å². The Hall–Kier alpha value is -4.53. The molecule has 0 aliphatic carbocycles. The summed E-state index contributed by atoms with van der Waals surface area (Å²) < 4.78 is 1.87. The molecule has 9 nitrogen and oxygen atoms in total. The number of ketones is 1. The predicted octanol–water partition coefficient (Wildman–Crippen LogP) is 4.14. The van der Waals surface area contributed by atoms with Gasteiger partial charge in [-0.2, -0.15) is 5.21 Å². The molecule has 0 bridgehead atoms. The molecule has 9 heteroatoms. The van der Waals surface area contributed by atoms with Gasteiger partial charge in [0.25, 0.3) is 0 Å². The molecule has 0 amide bonds. The van der Waals surface area contributed by atoms with Crippen LogP contribution in [0.25, 0.3) is 22.5 Å². The number of rotatable bonds is 9. The highest BCUT2D eigenvalue weighted by Gasteiger charge is 2.18. The number of hydrogen-bond donors (Lipinski definition) is 1. The van der Waals surface area contributed by atoms with E-state index in [1.165, 1.54) is 0 Å². The molecule has 0 saturated carbocycles. The summed E-state index contributed by atoms with van der Waals surface area (Å²) >= 11 is 0. The Bertz CT molecular complexity index is 1410. The number of benzene rings is 2. The second kappa shape index (κ2) is 10.2. The summed E-state index contributed by atoms with van der Waals surface area (Å²) in [6, 6.07) is 19.3. The molecule has 0 aliphatic rings. The molecular weight excluding hydrogens is 440 g/mol. The quantitative estimate of drug-likeness (QED) is 0.326. The van der Waals surface area contributed by atoms with Gasteiger partial charge in [-0.05, 0) is 34.4 Å². The third-order valence-corrected chi connectivity index (χ3v) is 5.75. The van der Waals surface area contributed by atoms with E-state index < -0.39 is 0 Å². The van der Waals surface area contributed by atoms with Crippen LogP contribution in [0, 0.1) is 0 Å². The minimum atomic E-state index is -0.163. The summed E-state index contributed by atoms with van der Waals surface area (Å²) in [5.41, 5.74) is 4.45. The second-order valence-corrected chi connectivity index (χ2v) is 8.15. The van der Waals surface area contributed by atoms with E-state index in [9.17, 15) is 4.79 Å². The van der Waals surface area contributed by atoms with Crippen molar-refractivity contribution in [3.63, 3.8) is 0 Å². The van der Waals surface area contributed by atoms with E-state index in [0.717, 1.165) is 47.5 Å². The number of unbranched alkanes of at least 4 members (excludes halogenated alkanes) is 1.